The van der Waals surface area contributed by atoms with Gasteiger partial charge in [0.1, 0.15) is 0 Å². The highest BCUT2D eigenvalue weighted by Gasteiger charge is 2.27. The van der Waals surface area contributed by atoms with Crippen molar-refractivity contribution < 1.29 is 0 Å². The van der Waals surface area contributed by atoms with Crippen molar-refractivity contribution in [2.75, 3.05) is 0 Å². The van der Waals surface area contributed by atoms with Crippen molar-refractivity contribution in [3.8, 4) is 11.1 Å². The van der Waals surface area contributed by atoms with Crippen LogP contribution >= 0.6 is 0 Å². The van der Waals surface area contributed by atoms with Gasteiger partial charge in [-0.3, -0.25) is 0 Å². The summed E-state index contributed by atoms with van der Waals surface area (Å²) < 4.78 is 0. The van der Waals surface area contributed by atoms with E-state index in [9.17, 15) is 0 Å². The minimum absolute atomic E-state index is 0.898. The van der Waals surface area contributed by atoms with Crippen molar-refractivity contribution >= 4 is 0 Å². The lowest BCUT2D eigenvalue weighted by molar-refractivity contribution is 1.06. The molecule has 0 heterocycles. The van der Waals surface area contributed by atoms with Crippen LogP contribution in [0.2, 0.25) is 0 Å². The zero-order chi connectivity index (χ0) is 30.3. The highest BCUT2D eigenvalue weighted by Crippen LogP contribution is 2.44. The molecule has 5 aromatic carbocycles. The minimum Gasteiger partial charge on any atom is -0.0622 e. The Balaban J connectivity index is 1.51. The average molecular weight is 579 g/mol. The third-order valence-electron chi connectivity index (χ3n) is 9.01. The fraction of sp³-hybridized carbons (Fsp3) is 0.111. The zero-order valence-corrected chi connectivity index (χ0v) is 25.7. The van der Waals surface area contributed by atoms with Gasteiger partial charge < -0.3 is 0 Å². The van der Waals surface area contributed by atoms with Gasteiger partial charge in [-0.2, -0.15) is 0 Å². The molecule has 45 heavy (non-hydrogen) atoms. The van der Waals surface area contributed by atoms with Gasteiger partial charge in [0.25, 0.3) is 0 Å². The molecule has 0 N–H and O–H groups in total. The molecule has 0 aromatic heterocycles. The van der Waals surface area contributed by atoms with E-state index in [0.717, 1.165) is 32.1 Å². The van der Waals surface area contributed by atoms with E-state index in [1.165, 1.54) is 66.8 Å². The van der Waals surface area contributed by atoms with Crippen molar-refractivity contribution in [2.24, 2.45) is 0 Å². The normalized spacial score (nSPS) is 11.1. The second-order valence-electron chi connectivity index (χ2n) is 12.1. The first-order valence-electron chi connectivity index (χ1n) is 16.1. The summed E-state index contributed by atoms with van der Waals surface area (Å²) in [4.78, 5) is 0. The fourth-order valence-electron chi connectivity index (χ4n) is 6.85. The van der Waals surface area contributed by atoms with Crippen molar-refractivity contribution in [3.05, 3.63) is 225 Å². The Bertz CT molecular complexity index is 1920. The summed E-state index contributed by atoms with van der Waals surface area (Å²) >= 11 is 0. The van der Waals surface area contributed by atoms with Crippen molar-refractivity contribution in [1.82, 2.24) is 0 Å². The van der Waals surface area contributed by atoms with Gasteiger partial charge in [0.05, 0.1) is 0 Å². The summed E-state index contributed by atoms with van der Waals surface area (Å²) in [6, 6.07) is 62.1. The average Bonchev–Trinajstić information content (AvgIpc) is 3.24. The molecule has 0 nitrogen and oxygen atoms in total. The summed E-state index contributed by atoms with van der Waals surface area (Å²) in [6.07, 6.45) is 4.55. The molecule has 0 heteroatoms. The first kappa shape index (κ1) is 28.6. The molecule has 0 radical (unpaired) electrons. The second-order valence-corrected chi connectivity index (χ2v) is 12.1. The van der Waals surface area contributed by atoms with Gasteiger partial charge in [-0.25, -0.2) is 0 Å². The maximum absolute atomic E-state index is 2.40. The molecular weight excluding hydrogens is 540 g/mol. The predicted molar refractivity (Wildman–Crippen MR) is 189 cm³/mol. The Labute approximate surface area is 268 Å². The fourth-order valence-corrected chi connectivity index (χ4v) is 6.85. The molecule has 0 unspecified atom stereocenters. The lowest BCUT2D eigenvalue weighted by atomic mass is 9.89. The quantitative estimate of drug-likeness (QED) is 0.151. The van der Waals surface area contributed by atoms with Crippen LogP contribution in [0.3, 0.4) is 0 Å². The number of benzene rings is 5. The van der Waals surface area contributed by atoms with Crippen LogP contribution in [-0.4, -0.2) is 0 Å². The molecule has 5 aromatic rings. The molecule has 0 saturated heterocycles. The van der Waals surface area contributed by atoms with Crippen LogP contribution in [0.1, 0.15) is 55.6 Å². The smallest absolute Gasteiger partial charge is 0.00165 e. The van der Waals surface area contributed by atoms with Gasteiger partial charge in [-0.05, 0) is 98.9 Å². The van der Waals surface area contributed by atoms with Gasteiger partial charge in [0.15, 0.2) is 0 Å². The van der Waals surface area contributed by atoms with Gasteiger partial charge in [-0.1, -0.05) is 170 Å². The molecule has 2 aliphatic carbocycles. The number of fused-ring (bicyclic) bond motifs is 1. The monoisotopic (exact) mass is 578 g/mol. The van der Waals surface area contributed by atoms with Gasteiger partial charge in [-0.15, -0.1) is 0 Å². The summed E-state index contributed by atoms with van der Waals surface area (Å²) in [5.41, 5.74) is 16.8. The van der Waals surface area contributed by atoms with E-state index in [1.807, 2.05) is 0 Å². The van der Waals surface area contributed by atoms with E-state index < -0.39 is 0 Å². The Morgan fingerprint density at radius 1 is 0.244 bits per heavy atom. The molecule has 0 aliphatic heterocycles. The maximum atomic E-state index is 2.40. The Morgan fingerprint density at radius 3 is 1.04 bits per heavy atom. The summed E-state index contributed by atoms with van der Waals surface area (Å²) in [5, 5.41) is 0. The maximum Gasteiger partial charge on any atom is -0.00165 e. The molecule has 2 aliphatic rings. The molecule has 0 spiro atoms. The molecular formula is C45H38. The molecule has 218 valence electrons. The van der Waals surface area contributed by atoms with E-state index in [1.54, 1.807) is 0 Å². The molecule has 0 bridgehead atoms. The third-order valence-corrected chi connectivity index (χ3v) is 9.01. The number of hydrogen-bond acceptors (Lipinski definition) is 0. The molecule has 0 saturated carbocycles. The molecule has 0 amide bonds. The highest BCUT2D eigenvalue weighted by molar-refractivity contribution is 5.83. The van der Waals surface area contributed by atoms with Crippen LogP contribution in [-0.2, 0) is 32.1 Å². The van der Waals surface area contributed by atoms with Gasteiger partial charge >= 0.3 is 0 Å². The minimum atomic E-state index is 0.898. The van der Waals surface area contributed by atoms with Gasteiger partial charge in [0.2, 0.25) is 0 Å². The summed E-state index contributed by atoms with van der Waals surface area (Å²) in [6.45, 7) is 0. The zero-order valence-electron chi connectivity index (χ0n) is 25.7. The Morgan fingerprint density at radius 2 is 0.600 bits per heavy atom. The van der Waals surface area contributed by atoms with Gasteiger partial charge in [0, 0.05) is 0 Å². The molecule has 0 fully saturated rings. The lowest BCUT2D eigenvalue weighted by Crippen LogP contribution is -2.01. The highest BCUT2D eigenvalue weighted by atomic mass is 14.3. The Hall–Kier alpha value is -5.20. The van der Waals surface area contributed by atoms with Crippen molar-refractivity contribution in [1.29, 1.82) is 0 Å². The van der Waals surface area contributed by atoms with E-state index in [2.05, 4.69) is 170 Å². The van der Waals surface area contributed by atoms with E-state index >= 15 is 0 Å². The topological polar surface area (TPSA) is 0 Å². The van der Waals surface area contributed by atoms with Crippen LogP contribution in [0.15, 0.2) is 170 Å². The summed E-state index contributed by atoms with van der Waals surface area (Å²) in [5.74, 6) is 0. The SMILES string of the molecule is c1ccc(Cc2cccc3c(Cc4ccccc4)c(Cc4ccccc4)c(Cc4ccccc4)c-3c2Cc2ccccc2)cc1. The van der Waals surface area contributed by atoms with E-state index in [-0.39, 0.29) is 0 Å². The van der Waals surface area contributed by atoms with Crippen LogP contribution in [0.4, 0.5) is 0 Å². The van der Waals surface area contributed by atoms with E-state index in [0.29, 0.717) is 0 Å². The first-order chi connectivity index (χ1) is 22.3. The largest absolute Gasteiger partial charge is 0.0622 e. The predicted octanol–water partition coefficient (Wildman–Crippen LogP) is 10.7. The number of rotatable bonds is 10. The van der Waals surface area contributed by atoms with Crippen LogP contribution < -0.4 is 0 Å². The second kappa shape index (κ2) is 13.6. The van der Waals surface area contributed by atoms with Crippen LogP contribution in [0.5, 0.6) is 0 Å². The van der Waals surface area contributed by atoms with Crippen molar-refractivity contribution in [2.45, 2.75) is 32.1 Å². The third kappa shape index (κ3) is 6.66. The lowest BCUT2D eigenvalue weighted by Gasteiger charge is -2.15. The molecule has 7 rings (SSSR count). The van der Waals surface area contributed by atoms with Crippen molar-refractivity contribution in [3.63, 3.8) is 0 Å². The van der Waals surface area contributed by atoms with Crippen LogP contribution in [0, 0.1) is 0 Å². The molecule has 0 atom stereocenters. The summed E-state index contributed by atoms with van der Waals surface area (Å²) in [7, 11) is 0. The standard InChI is InChI=1S/C45H38/c1-6-17-34(18-7-1)29-39-27-16-28-40-42(31-36-21-10-3-11-22-36)43(32-37-23-12-4-13-24-37)44(33-38-25-14-5-15-26-38)45(40)41(39)30-35-19-8-2-9-20-35/h1-28H,29-33H2. The number of hydrogen-bond donors (Lipinski definition) is 0. The Kier molecular flexibility index (Phi) is 8.65. The first-order valence-corrected chi connectivity index (χ1v) is 16.1. The van der Waals surface area contributed by atoms with Crippen LogP contribution in [0.25, 0.3) is 11.1 Å². The van der Waals surface area contributed by atoms with E-state index in [4.69, 9.17) is 0 Å².